The minimum atomic E-state index is -0.499. The molecular formula is C23H26N4O3. The summed E-state index contributed by atoms with van der Waals surface area (Å²) in [7, 11) is 1.59. The quantitative estimate of drug-likeness (QED) is 0.825. The van der Waals surface area contributed by atoms with Crippen LogP contribution in [0.4, 0.5) is 5.69 Å². The predicted octanol–water partition coefficient (Wildman–Crippen LogP) is 2.21. The number of primary amides is 1. The maximum atomic E-state index is 13.5. The van der Waals surface area contributed by atoms with Gasteiger partial charge in [0.15, 0.2) is 0 Å². The molecule has 0 spiro atoms. The van der Waals surface area contributed by atoms with Crippen LogP contribution in [0.2, 0.25) is 0 Å². The van der Waals surface area contributed by atoms with Crippen LogP contribution in [0.25, 0.3) is 0 Å². The molecule has 0 radical (unpaired) electrons. The standard InChI is InChI=1S/C23H26N4O3/c1-30-20-10-6-5-9-19(20)27-22(29)18(15-16-7-3-2-4-8-16)25-23(27)26-13-11-17(12-14-26)21(24)28/h2-10,17-18H,11-15H2,1H3,(H2,24,28). The summed E-state index contributed by atoms with van der Waals surface area (Å²) in [6, 6.07) is 16.9. The van der Waals surface area contributed by atoms with E-state index in [1.807, 2.05) is 54.6 Å². The van der Waals surface area contributed by atoms with Crippen molar-refractivity contribution in [3.63, 3.8) is 0 Å². The van der Waals surface area contributed by atoms with Crippen LogP contribution in [0.5, 0.6) is 5.75 Å². The number of amides is 2. The molecule has 1 fully saturated rings. The molecule has 0 bridgehead atoms. The topological polar surface area (TPSA) is 88.2 Å². The molecule has 7 nitrogen and oxygen atoms in total. The molecule has 2 aromatic carbocycles. The van der Waals surface area contributed by atoms with E-state index in [1.54, 1.807) is 12.0 Å². The molecule has 30 heavy (non-hydrogen) atoms. The van der Waals surface area contributed by atoms with Gasteiger partial charge in [-0.2, -0.15) is 0 Å². The molecule has 4 rings (SSSR count). The normalized spacial score (nSPS) is 19.7. The van der Waals surface area contributed by atoms with Crippen molar-refractivity contribution in [1.29, 1.82) is 0 Å². The minimum Gasteiger partial charge on any atom is -0.495 e. The number of nitrogens with two attached hydrogens (primary N) is 1. The summed E-state index contributed by atoms with van der Waals surface area (Å²) < 4.78 is 5.52. The van der Waals surface area contributed by atoms with Crippen molar-refractivity contribution in [2.45, 2.75) is 25.3 Å². The second kappa shape index (κ2) is 8.57. The van der Waals surface area contributed by atoms with Crippen molar-refractivity contribution in [1.82, 2.24) is 4.90 Å². The maximum absolute atomic E-state index is 13.5. The lowest BCUT2D eigenvalue weighted by Crippen LogP contribution is -2.49. The van der Waals surface area contributed by atoms with Crippen LogP contribution in [0.1, 0.15) is 18.4 Å². The molecule has 2 aromatic rings. The Morgan fingerprint density at radius 3 is 2.43 bits per heavy atom. The fourth-order valence-corrected chi connectivity index (χ4v) is 4.10. The zero-order chi connectivity index (χ0) is 21.1. The summed E-state index contributed by atoms with van der Waals surface area (Å²) in [5, 5.41) is 0. The van der Waals surface area contributed by atoms with Gasteiger partial charge in [-0.25, -0.2) is 9.89 Å². The van der Waals surface area contributed by atoms with Crippen molar-refractivity contribution in [3.8, 4) is 5.75 Å². The first-order chi connectivity index (χ1) is 14.6. The van der Waals surface area contributed by atoms with Crippen molar-refractivity contribution in [2.75, 3.05) is 25.1 Å². The zero-order valence-corrected chi connectivity index (χ0v) is 17.0. The molecule has 2 heterocycles. The van der Waals surface area contributed by atoms with Gasteiger partial charge in [-0.3, -0.25) is 9.59 Å². The first kappa shape index (κ1) is 19.9. The number of carbonyl (C=O) groups excluding carboxylic acids is 2. The summed E-state index contributed by atoms with van der Waals surface area (Å²) in [6.45, 7) is 1.26. The number of hydrogen-bond acceptors (Lipinski definition) is 5. The first-order valence-corrected chi connectivity index (χ1v) is 10.2. The number of likely N-dealkylation sites (tertiary alicyclic amines) is 1. The van der Waals surface area contributed by atoms with Crippen molar-refractivity contribution >= 4 is 23.5 Å². The number of anilines is 1. The molecule has 2 aliphatic heterocycles. The smallest absolute Gasteiger partial charge is 0.259 e. The number of para-hydroxylation sites is 2. The monoisotopic (exact) mass is 406 g/mol. The van der Waals surface area contributed by atoms with Crippen LogP contribution in [0.15, 0.2) is 59.6 Å². The van der Waals surface area contributed by atoms with Crippen LogP contribution in [0.3, 0.4) is 0 Å². The van der Waals surface area contributed by atoms with E-state index >= 15 is 0 Å². The van der Waals surface area contributed by atoms with Gasteiger partial charge in [-0.1, -0.05) is 42.5 Å². The molecule has 2 N–H and O–H groups in total. The zero-order valence-electron chi connectivity index (χ0n) is 17.0. The molecule has 1 unspecified atom stereocenters. The van der Waals surface area contributed by atoms with Gasteiger partial charge >= 0.3 is 0 Å². The minimum absolute atomic E-state index is 0.0737. The van der Waals surface area contributed by atoms with Gasteiger partial charge in [0.1, 0.15) is 11.8 Å². The van der Waals surface area contributed by atoms with Crippen molar-refractivity contribution in [3.05, 3.63) is 60.2 Å². The molecule has 1 saturated heterocycles. The van der Waals surface area contributed by atoms with Crippen LogP contribution < -0.4 is 15.4 Å². The van der Waals surface area contributed by atoms with Crippen molar-refractivity contribution < 1.29 is 14.3 Å². The lowest BCUT2D eigenvalue weighted by atomic mass is 9.96. The number of guanidine groups is 1. The molecule has 2 amide bonds. The third kappa shape index (κ3) is 3.87. The Labute approximate surface area is 176 Å². The van der Waals surface area contributed by atoms with Gasteiger partial charge in [-0.15, -0.1) is 0 Å². The highest BCUT2D eigenvalue weighted by Crippen LogP contribution is 2.33. The number of piperidine rings is 1. The second-order valence-corrected chi connectivity index (χ2v) is 7.64. The van der Waals surface area contributed by atoms with E-state index in [9.17, 15) is 9.59 Å². The summed E-state index contributed by atoms with van der Waals surface area (Å²) in [6.07, 6.45) is 1.85. The van der Waals surface area contributed by atoms with Gasteiger partial charge < -0.3 is 15.4 Å². The highest BCUT2D eigenvalue weighted by Gasteiger charge is 2.40. The summed E-state index contributed by atoms with van der Waals surface area (Å²) in [5.41, 5.74) is 7.22. The van der Waals surface area contributed by atoms with Gasteiger partial charge in [0, 0.05) is 25.4 Å². The Balaban J connectivity index is 1.65. The summed E-state index contributed by atoms with van der Waals surface area (Å²) >= 11 is 0. The van der Waals surface area contributed by atoms with Crippen molar-refractivity contribution in [2.24, 2.45) is 16.6 Å². The number of carbonyl (C=O) groups is 2. The largest absolute Gasteiger partial charge is 0.495 e. The molecular weight excluding hydrogens is 380 g/mol. The van der Waals surface area contributed by atoms with Crippen LogP contribution >= 0.6 is 0 Å². The van der Waals surface area contributed by atoms with E-state index in [0.29, 0.717) is 49.7 Å². The number of hydrogen-bond donors (Lipinski definition) is 1. The van der Waals surface area contributed by atoms with Crippen LogP contribution in [0, 0.1) is 5.92 Å². The summed E-state index contributed by atoms with van der Waals surface area (Å²) in [5.74, 6) is 0.774. The van der Waals surface area contributed by atoms with Gasteiger partial charge in [-0.05, 0) is 30.5 Å². The molecule has 7 heteroatoms. The number of benzene rings is 2. The maximum Gasteiger partial charge on any atom is 0.259 e. The molecule has 2 aliphatic rings. The molecule has 0 saturated carbocycles. The number of aliphatic imine (C=N–C) groups is 1. The average Bonchev–Trinajstić information content (AvgIpc) is 3.10. The fraction of sp³-hybridized carbons (Fsp3) is 0.348. The van der Waals surface area contributed by atoms with E-state index in [0.717, 1.165) is 5.56 Å². The average molecular weight is 406 g/mol. The van der Waals surface area contributed by atoms with Gasteiger partial charge in [0.05, 0.1) is 12.8 Å². The Kier molecular flexibility index (Phi) is 5.70. The van der Waals surface area contributed by atoms with Crippen LogP contribution in [-0.4, -0.2) is 48.9 Å². The Hall–Kier alpha value is -3.35. The van der Waals surface area contributed by atoms with E-state index in [4.69, 9.17) is 15.5 Å². The number of ether oxygens (including phenoxy) is 1. The highest BCUT2D eigenvalue weighted by molar-refractivity contribution is 6.22. The molecule has 156 valence electrons. The third-order valence-corrected chi connectivity index (χ3v) is 5.75. The van der Waals surface area contributed by atoms with Gasteiger partial charge in [0.25, 0.3) is 5.91 Å². The highest BCUT2D eigenvalue weighted by atomic mass is 16.5. The van der Waals surface area contributed by atoms with Gasteiger partial charge in [0.2, 0.25) is 11.9 Å². The SMILES string of the molecule is COc1ccccc1N1C(=O)C(Cc2ccccc2)N=C1N1CCC(C(N)=O)CC1. The molecule has 1 atom stereocenters. The Morgan fingerprint density at radius 1 is 1.10 bits per heavy atom. The summed E-state index contributed by atoms with van der Waals surface area (Å²) in [4.78, 5) is 33.6. The number of methoxy groups -OCH3 is 1. The lowest BCUT2D eigenvalue weighted by Gasteiger charge is -2.35. The lowest BCUT2D eigenvalue weighted by molar-refractivity contribution is -0.123. The van der Waals surface area contributed by atoms with E-state index in [1.165, 1.54) is 0 Å². The third-order valence-electron chi connectivity index (χ3n) is 5.75. The van der Waals surface area contributed by atoms with Crippen LogP contribution in [-0.2, 0) is 16.0 Å². The van der Waals surface area contributed by atoms with E-state index in [-0.39, 0.29) is 17.7 Å². The van der Waals surface area contributed by atoms with E-state index in [2.05, 4.69) is 4.90 Å². The fourth-order valence-electron chi connectivity index (χ4n) is 4.10. The van der Waals surface area contributed by atoms with E-state index < -0.39 is 6.04 Å². The number of nitrogens with zero attached hydrogens (tertiary/aromatic N) is 3. The second-order valence-electron chi connectivity index (χ2n) is 7.64. The number of rotatable bonds is 5. The Morgan fingerprint density at radius 2 is 1.77 bits per heavy atom. The predicted molar refractivity (Wildman–Crippen MR) is 115 cm³/mol. The molecule has 0 aliphatic carbocycles. The molecule has 0 aromatic heterocycles. The Bertz CT molecular complexity index is 952. The first-order valence-electron chi connectivity index (χ1n) is 10.2.